The molecule has 3 aromatic rings. The summed E-state index contributed by atoms with van der Waals surface area (Å²) in [7, 11) is 0. The highest BCUT2D eigenvalue weighted by Gasteiger charge is 2.28. The third kappa shape index (κ3) is 4.21. The van der Waals surface area contributed by atoms with Crippen molar-refractivity contribution in [2.24, 2.45) is 0 Å². The van der Waals surface area contributed by atoms with E-state index >= 15 is 4.39 Å². The monoisotopic (exact) mass is 437 g/mol. The van der Waals surface area contributed by atoms with Crippen LogP contribution in [0.4, 0.5) is 10.2 Å². The van der Waals surface area contributed by atoms with Crippen LogP contribution in [-0.4, -0.2) is 35.9 Å². The second-order valence-corrected chi connectivity index (χ2v) is 8.68. The smallest absolute Gasteiger partial charge is 0.163 e. The fraction of sp³-hybridized carbons (Fsp3) is 0.440. The van der Waals surface area contributed by atoms with E-state index in [1.807, 2.05) is 51.1 Å². The zero-order valence-electron chi connectivity index (χ0n) is 18.7. The van der Waals surface area contributed by atoms with E-state index in [1.54, 1.807) is 0 Å². The molecule has 2 unspecified atom stereocenters. The van der Waals surface area contributed by atoms with Crippen molar-refractivity contribution in [3.05, 3.63) is 53.1 Å². The van der Waals surface area contributed by atoms with Gasteiger partial charge in [0, 0.05) is 17.0 Å². The molecule has 7 heteroatoms. The highest BCUT2D eigenvalue weighted by Crippen LogP contribution is 2.43. The van der Waals surface area contributed by atoms with Gasteiger partial charge in [0.2, 0.25) is 0 Å². The van der Waals surface area contributed by atoms with Crippen LogP contribution < -0.4 is 14.8 Å². The van der Waals surface area contributed by atoms with Crippen LogP contribution in [0.15, 0.2) is 30.3 Å². The molecule has 5 rings (SSSR count). The molecular weight excluding hydrogens is 409 g/mol. The maximum Gasteiger partial charge on any atom is 0.163 e. The van der Waals surface area contributed by atoms with Gasteiger partial charge in [0.1, 0.15) is 30.2 Å². The molecule has 2 heterocycles. The molecule has 1 fully saturated rings. The third-order valence-corrected chi connectivity index (χ3v) is 5.93. The third-order valence-electron chi connectivity index (χ3n) is 5.93. The van der Waals surface area contributed by atoms with Crippen LogP contribution in [0, 0.1) is 12.7 Å². The highest BCUT2D eigenvalue weighted by atomic mass is 19.1. The molecule has 0 bridgehead atoms. The van der Waals surface area contributed by atoms with Gasteiger partial charge in [-0.05, 0) is 51.2 Å². The Morgan fingerprint density at radius 1 is 1.12 bits per heavy atom. The summed E-state index contributed by atoms with van der Waals surface area (Å²) in [6.07, 6.45) is 2.01. The van der Waals surface area contributed by atoms with Crippen LogP contribution in [0.25, 0.3) is 10.9 Å². The van der Waals surface area contributed by atoms with Gasteiger partial charge in [-0.15, -0.1) is 0 Å². The van der Waals surface area contributed by atoms with Gasteiger partial charge in [-0.25, -0.2) is 14.4 Å². The second kappa shape index (κ2) is 8.54. The summed E-state index contributed by atoms with van der Waals surface area (Å²) < 4.78 is 32.7. The van der Waals surface area contributed by atoms with Gasteiger partial charge >= 0.3 is 0 Å². The molecule has 0 saturated heterocycles. The molecule has 0 amide bonds. The fourth-order valence-corrected chi connectivity index (χ4v) is 4.17. The first-order chi connectivity index (χ1) is 15.5. The number of halogens is 1. The fourth-order valence-electron chi connectivity index (χ4n) is 4.17. The standard InChI is InChI=1S/C25H28FN3O3/c1-14-13-30-9-10-31-22-12-21-20(11-23(22)32-14)25(29-16(3)28-21)27-15(2)18-5-4-6-19(24(18)26)17-7-8-17/h4-6,11-12,14-15,17H,7-10,13H2,1-3H3,(H,27,28,29). The van der Waals surface area contributed by atoms with Gasteiger partial charge in [-0.2, -0.15) is 0 Å². The number of aromatic nitrogens is 2. The van der Waals surface area contributed by atoms with Crippen LogP contribution in [0.1, 0.15) is 55.6 Å². The number of benzene rings is 2. The van der Waals surface area contributed by atoms with Crippen molar-refractivity contribution in [1.82, 2.24) is 9.97 Å². The number of fused-ring (bicyclic) bond motifs is 2. The second-order valence-electron chi connectivity index (χ2n) is 8.68. The lowest BCUT2D eigenvalue weighted by molar-refractivity contribution is 0.0546. The average Bonchev–Trinajstić information content (AvgIpc) is 3.58. The van der Waals surface area contributed by atoms with Crippen LogP contribution in [0.5, 0.6) is 11.5 Å². The zero-order chi connectivity index (χ0) is 22.2. The summed E-state index contributed by atoms with van der Waals surface area (Å²) in [5.41, 5.74) is 2.21. The van der Waals surface area contributed by atoms with E-state index in [9.17, 15) is 0 Å². The Labute approximate surface area is 187 Å². The summed E-state index contributed by atoms with van der Waals surface area (Å²) in [6.45, 7) is 7.20. The van der Waals surface area contributed by atoms with E-state index in [0.717, 1.165) is 29.3 Å². The molecule has 2 aromatic carbocycles. The number of hydrogen-bond acceptors (Lipinski definition) is 6. The molecule has 32 heavy (non-hydrogen) atoms. The van der Waals surface area contributed by atoms with Crippen LogP contribution >= 0.6 is 0 Å². The van der Waals surface area contributed by atoms with Crippen molar-refractivity contribution in [2.75, 3.05) is 25.1 Å². The van der Waals surface area contributed by atoms with Gasteiger partial charge in [0.15, 0.2) is 11.5 Å². The van der Waals surface area contributed by atoms with Gasteiger partial charge in [0.05, 0.1) is 24.8 Å². The minimum atomic E-state index is -0.263. The largest absolute Gasteiger partial charge is 0.487 e. The number of ether oxygens (including phenoxy) is 3. The van der Waals surface area contributed by atoms with Gasteiger partial charge in [0.25, 0.3) is 0 Å². The highest BCUT2D eigenvalue weighted by molar-refractivity contribution is 5.92. The molecule has 1 aliphatic carbocycles. The van der Waals surface area contributed by atoms with Crippen molar-refractivity contribution in [3.63, 3.8) is 0 Å². The van der Waals surface area contributed by atoms with Gasteiger partial charge in [-0.3, -0.25) is 0 Å². The number of nitrogens with one attached hydrogen (secondary N) is 1. The topological polar surface area (TPSA) is 65.5 Å². The lowest BCUT2D eigenvalue weighted by Gasteiger charge is -2.20. The van der Waals surface area contributed by atoms with Crippen molar-refractivity contribution in [1.29, 1.82) is 0 Å². The van der Waals surface area contributed by atoms with E-state index in [2.05, 4.69) is 15.3 Å². The van der Waals surface area contributed by atoms with Gasteiger partial charge in [-0.1, -0.05) is 18.2 Å². The number of rotatable bonds is 4. The average molecular weight is 438 g/mol. The summed E-state index contributed by atoms with van der Waals surface area (Å²) >= 11 is 0. The first-order valence-corrected chi connectivity index (χ1v) is 11.2. The quantitative estimate of drug-likeness (QED) is 0.597. The Morgan fingerprint density at radius 3 is 2.78 bits per heavy atom. The molecule has 1 N–H and O–H groups in total. The maximum absolute atomic E-state index is 15.2. The zero-order valence-corrected chi connectivity index (χ0v) is 18.7. The minimum Gasteiger partial charge on any atom is -0.487 e. The normalized spacial score (nSPS) is 19.7. The molecule has 0 radical (unpaired) electrons. The molecule has 0 spiro atoms. The summed E-state index contributed by atoms with van der Waals surface area (Å²) in [5.74, 6) is 2.77. The molecule has 168 valence electrons. The summed E-state index contributed by atoms with van der Waals surface area (Å²) in [5, 5.41) is 4.22. The lowest BCUT2D eigenvalue weighted by Crippen LogP contribution is -2.19. The van der Waals surface area contributed by atoms with E-state index in [-0.39, 0.29) is 18.0 Å². The van der Waals surface area contributed by atoms with Crippen molar-refractivity contribution in [3.8, 4) is 11.5 Å². The number of aryl methyl sites for hydroxylation is 1. The van der Waals surface area contributed by atoms with Crippen molar-refractivity contribution < 1.29 is 18.6 Å². The molecular formula is C25H28FN3O3. The summed E-state index contributed by atoms with van der Waals surface area (Å²) in [4.78, 5) is 9.22. The van der Waals surface area contributed by atoms with Gasteiger partial charge < -0.3 is 19.5 Å². The van der Waals surface area contributed by atoms with E-state index in [0.29, 0.717) is 54.4 Å². The molecule has 1 saturated carbocycles. The SMILES string of the molecule is Cc1nc(NC(C)c2cccc(C3CC3)c2F)c2cc3c(cc2n1)OCCOCC(C)O3. The Balaban J connectivity index is 1.52. The molecule has 1 aromatic heterocycles. The predicted molar refractivity (Wildman–Crippen MR) is 121 cm³/mol. The predicted octanol–water partition coefficient (Wildman–Crippen LogP) is 5.30. The minimum absolute atomic E-state index is 0.114. The number of hydrogen-bond donors (Lipinski definition) is 1. The molecule has 2 aliphatic rings. The van der Waals surface area contributed by atoms with E-state index in [1.165, 1.54) is 0 Å². The molecule has 1 aliphatic heterocycles. The van der Waals surface area contributed by atoms with E-state index < -0.39 is 0 Å². The van der Waals surface area contributed by atoms with Crippen LogP contribution in [0.2, 0.25) is 0 Å². The number of nitrogens with zero attached hydrogens (tertiary/aromatic N) is 2. The Bertz CT molecular complexity index is 1150. The molecule has 2 atom stereocenters. The Morgan fingerprint density at radius 2 is 1.97 bits per heavy atom. The van der Waals surface area contributed by atoms with Crippen LogP contribution in [0.3, 0.4) is 0 Å². The summed E-state index contributed by atoms with van der Waals surface area (Å²) in [6, 6.07) is 9.19. The first-order valence-electron chi connectivity index (χ1n) is 11.2. The van der Waals surface area contributed by atoms with Crippen molar-refractivity contribution >= 4 is 16.7 Å². The molecule has 6 nitrogen and oxygen atoms in total. The Hall–Kier alpha value is -2.93. The van der Waals surface area contributed by atoms with Crippen LogP contribution in [-0.2, 0) is 4.74 Å². The number of anilines is 1. The van der Waals surface area contributed by atoms with Crippen molar-refractivity contribution in [2.45, 2.75) is 51.7 Å². The van der Waals surface area contributed by atoms with E-state index in [4.69, 9.17) is 14.2 Å². The lowest BCUT2D eigenvalue weighted by atomic mass is 10.0. The Kier molecular flexibility index (Phi) is 5.59. The maximum atomic E-state index is 15.2. The first kappa shape index (κ1) is 20.9.